The van der Waals surface area contributed by atoms with Crippen LogP contribution in [0.3, 0.4) is 0 Å². The third kappa shape index (κ3) is 4.08. The predicted octanol–water partition coefficient (Wildman–Crippen LogP) is 2.31. The number of nitro groups is 1. The molecule has 2 N–H and O–H groups in total. The highest BCUT2D eigenvalue weighted by atomic mass is 19.1. The van der Waals surface area contributed by atoms with E-state index in [0.29, 0.717) is 19.5 Å². The molecule has 1 atom stereocenters. The molecule has 1 heterocycles. The zero-order valence-electron chi connectivity index (χ0n) is 15.1. The number of hydrogen-bond donors (Lipinski definition) is 2. The zero-order valence-corrected chi connectivity index (χ0v) is 15.1. The molecule has 3 rings (SSSR count). The Morgan fingerprint density at radius 3 is 2.64 bits per heavy atom. The molecule has 1 unspecified atom stereocenters. The van der Waals surface area contributed by atoms with Gasteiger partial charge < -0.3 is 15.5 Å². The number of amides is 2. The normalized spacial score (nSPS) is 16.1. The maximum absolute atomic E-state index is 13.0. The summed E-state index contributed by atoms with van der Waals surface area (Å²) in [5, 5.41) is 16.7. The van der Waals surface area contributed by atoms with Gasteiger partial charge in [0, 0.05) is 31.8 Å². The Kier molecular flexibility index (Phi) is 5.53. The molecule has 0 aromatic heterocycles. The van der Waals surface area contributed by atoms with Crippen LogP contribution < -0.4 is 10.6 Å². The van der Waals surface area contributed by atoms with Crippen LogP contribution in [0.4, 0.5) is 15.8 Å². The first-order chi connectivity index (χ1) is 13.4. The lowest BCUT2D eigenvalue weighted by Crippen LogP contribution is -2.33. The molecule has 2 amide bonds. The minimum absolute atomic E-state index is 0.162. The highest BCUT2D eigenvalue weighted by Gasteiger charge is 2.33. The summed E-state index contributed by atoms with van der Waals surface area (Å²) in [6, 6.07) is 9.37. The molecule has 28 heavy (non-hydrogen) atoms. The van der Waals surface area contributed by atoms with Gasteiger partial charge >= 0.3 is 0 Å². The molecule has 9 heteroatoms. The van der Waals surface area contributed by atoms with E-state index in [9.17, 15) is 24.1 Å². The molecule has 0 aliphatic carbocycles. The summed E-state index contributed by atoms with van der Waals surface area (Å²) < 4.78 is 13.0. The van der Waals surface area contributed by atoms with Crippen LogP contribution >= 0.6 is 0 Å². The number of carbonyl (C=O) groups is 2. The van der Waals surface area contributed by atoms with Crippen molar-refractivity contribution in [1.82, 2.24) is 10.2 Å². The number of benzene rings is 2. The lowest BCUT2D eigenvalue weighted by molar-refractivity contribution is -0.384. The largest absolute Gasteiger partial charge is 0.368 e. The van der Waals surface area contributed by atoms with Gasteiger partial charge in [0.1, 0.15) is 17.5 Å². The van der Waals surface area contributed by atoms with Crippen molar-refractivity contribution >= 4 is 23.2 Å². The standard InChI is InChI=1S/C19H19FN4O4/c1-21-18(25)13-4-7-15(17(10-13)24(27)28)22-16-8-9-23(19(16)26)11-12-2-5-14(20)6-3-12/h2-7,10,16,22H,8-9,11H2,1H3,(H,21,25). The molecular formula is C19H19FN4O4. The van der Waals surface area contributed by atoms with Crippen LogP contribution in [0, 0.1) is 15.9 Å². The molecule has 1 saturated heterocycles. The fourth-order valence-corrected chi connectivity index (χ4v) is 3.12. The molecule has 0 radical (unpaired) electrons. The summed E-state index contributed by atoms with van der Waals surface area (Å²) in [5.74, 6) is -0.963. The number of nitrogens with one attached hydrogen (secondary N) is 2. The summed E-state index contributed by atoms with van der Waals surface area (Å²) >= 11 is 0. The monoisotopic (exact) mass is 386 g/mol. The average molecular weight is 386 g/mol. The van der Waals surface area contributed by atoms with Crippen LogP contribution in [0.2, 0.25) is 0 Å². The van der Waals surface area contributed by atoms with E-state index in [4.69, 9.17) is 0 Å². The number of likely N-dealkylation sites (tertiary alicyclic amines) is 1. The van der Waals surface area contributed by atoms with Gasteiger partial charge in [-0.2, -0.15) is 0 Å². The maximum atomic E-state index is 13.0. The van der Waals surface area contributed by atoms with Crippen molar-refractivity contribution in [2.24, 2.45) is 0 Å². The van der Waals surface area contributed by atoms with Gasteiger partial charge in [-0.05, 0) is 36.2 Å². The second kappa shape index (κ2) is 8.03. The molecule has 2 aromatic carbocycles. The molecule has 0 bridgehead atoms. The number of nitrogens with zero attached hydrogens (tertiary/aromatic N) is 2. The Bertz CT molecular complexity index is 917. The zero-order chi connectivity index (χ0) is 20.3. The number of hydrogen-bond acceptors (Lipinski definition) is 5. The first-order valence-corrected chi connectivity index (χ1v) is 8.69. The third-order valence-corrected chi connectivity index (χ3v) is 4.60. The predicted molar refractivity (Wildman–Crippen MR) is 100 cm³/mol. The van der Waals surface area contributed by atoms with Gasteiger partial charge in [-0.3, -0.25) is 19.7 Å². The molecular weight excluding hydrogens is 367 g/mol. The fourth-order valence-electron chi connectivity index (χ4n) is 3.12. The van der Waals surface area contributed by atoms with Crippen molar-refractivity contribution in [2.45, 2.75) is 19.0 Å². The van der Waals surface area contributed by atoms with Crippen molar-refractivity contribution in [3.8, 4) is 0 Å². The molecule has 8 nitrogen and oxygen atoms in total. The minimum atomic E-state index is -0.606. The molecule has 1 aliphatic heterocycles. The maximum Gasteiger partial charge on any atom is 0.293 e. The lowest BCUT2D eigenvalue weighted by Gasteiger charge is -2.18. The van der Waals surface area contributed by atoms with Crippen LogP contribution in [-0.4, -0.2) is 41.3 Å². The quantitative estimate of drug-likeness (QED) is 0.586. The highest BCUT2D eigenvalue weighted by Crippen LogP contribution is 2.28. The fraction of sp³-hybridized carbons (Fsp3) is 0.263. The van der Waals surface area contributed by atoms with E-state index in [-0.39, 0.29) is 28.7 Å². The van der Waals surface area contributed by atoms with Crippen LogP contribution in [0.15, 0.2) is 42.5 Å². The van der Waals surface area contributed by atoms with Gasteiger partial charge in [-0.1, -0.05) is 12.1 Å². The van der Waals surface area contributed by atoms with Crippen molar-refractivity contribution in [3.63, 3.8) is 0 Å². The van der Waals surface area contributed by atoms with Gasteiger partial charge in [-0.25, -0.2) is 4.39 Å². The van der Waals surface area contributed by atoms with Crippen molar-refractivity contribution in [1.29, 1.82) is 0 Å². The molecule has 1 aliphatic rings. The molecule has 1 fully saturated rings. The summed E-state index contributed by atoms with van der Waals surface area (Å²) in [6.07, 6.45) is 0.481. The minimum Gasteiger partial charge on any atom is -0.368 e. The summed E-state index contributed by atoms with van der Waals surface area (Å²) in [4.78, 5) is 36.7. The number of halogens is 1. The first-order valence-electron chi connectivity index (χ1n) is 8.69. The molecule has 0 saturated carbocycles. The Balaban J connectivity index is 1.73. The van der Waals surface area contributed by atoms with Crippen molar-refractivity contribution in [2.75, 3.05) is 18.9 Å². The van der Waals surface area contributed by atoms with Gasteiger partial charge in [0.2, 0.25) is 5.91 Å². The molecule has 0 spiro atoms. The Morgan fingerprint density at radius 1 is 1.29 bits per heavy atom. The van der Waals surface area contributed by atoms with E-state index in [1.165, 1.54) is 37.4 Å². The van der Waals surface area contributed by atoms with Crippen molar-refractivity contribution < 1.29 is 18.9 Å². The lowest BCUT2D eigenvalue weighted by atomic mass is 10.1. The van der Waals surface area contributed by atoms with Crippen LogP contribution in [0.1, 0.15) is 22.3 Å². The molecule has 2 aromatic rings. The van der Waals surface area contributed by atoms with Crippen LogP contribution in [-0.2, 0) is 11.3 Å². The smallest absolute Gasteiger partial charge is 0.293 e. The topological polar surface area (TPSA) is 105 Å². The molecule has 146 valence electrons. The summed E-state index contributed by atoms with van der Waals surface area (Å²) in [7, 11) is 1.44. The number of anilines is 1. The number of carbonyl (C=O) groups excluding carboxylic acids is 2. The van der Waals surface area contributed by atoms with E-state index >= 15 is 0 Å². The van der Waals surface area contributed by atoms with Crippen LogP contribution in [0.5, 0.6) is 0 Å². The number of nitro benzene ring substituents is 1. The Morgan fingerprint density at radius 2 is 2.00 bits per heavy atom. The second-order valence-corrected chi connectivity index (χ2v) is 6.44. The highest BCUT2D eigenvalue weighted by molar-refractivity contribution is 5.96. The SMILES string of the molecule is CNC(=O)c1ccc(NC2CCN(Cc3ccc(F)cc3)C2=O)c([N+](=O)[O-])c1. The third-order valence-electron chi connectivity index (χ3n) is 4.60. The summed E-state index contributed by atoms with van der Waals surface area (Å²) in [5.41, 5.74) is 0.872. The Labute approximate surface area is 160 Å². The van der Waals surface area contributed by atoms with E-state index in [2.05, 4.69) is 10.6 Å². The van der Waals surface area contributed by atoms with E-state index in [1.54, 1.807) is 17.0 Å². The van der Waals surface area contributed by atoms with Gasteiger partial charge in [0.05, 0.1) is 4.92 Å². The average Bonchev–Trinajstić information content (AvgIpc) is 3.02. The van der Waals surface area contributed by atoms with E-state index < -0.39 is 16.9 Å². The van der Waals surface area contributed by atoms with E-state index in [0.717, 1.165) is 5.56 Å². The van der Waals surface area contributed by atoms with Crippen LogP contribution in [0.25, 0.3) is 0 Å². The van der Waals surface area contributed by atoms with Gasteiger partial charge in [0.15, 0.2) is 0 Å². The second-order valence-electron chi connectivity index (χ2n) is 6.44. The van der Waals surface area contributed by atoms with Gasteiger partial charge in [0.25, 0.3) is 11.6 Å². The van der Waals surface area contributed by atoms with Gasteiger partial charge in [-0.15, -0.1) is 0 Å². The van der Waals surface area contributed by atoms with E-state index in [1.807, 2.05) is 0 Å². The first kappa shape index (κ1) is 19.3. The number of rotatable bonds is 6. The Hall–Kier alpha value is -3.49. The summed E-state index contributed by atoms with van der Waals surface area (Å²) in [6.45, 7) is 0.826. The van der Waals surface area contributed by atoms with Crippen molar-refractivity contribution in [3.05, 3.63) is 69.5 Å².